The lowest BCUT2D eigenvalue weighted by Crippen LogP contribution is -2.40. The van der Waals surface area contributed by atoms with E-state index in [9.17, 15) is 0 Å². The highest BCUT2D eigenvalue weighted by Crippen LogP contribution is 2.31. The Labute approximate surface area is 107 Å². The molecule has 0 radical (unpaired) electrons. The van der Waals surface area contributed by atoms with Crippen LogP contribution in [-0.2, 0) is 4.74 Å². The topological polar surface area (TPSA) is 21.3 Å². The molecule has 0 spiro atoms. The van der Waals surface area contributed by atoms with Crippen LogP contribution >= 0.6 is 0 Å². The maximum atomic E-state index is 6.03. The summed E-state index contributed by atoms with van der Waals surface area (Å²) >= 11 is 0. The second kappa shape index (κ2) is 5.27. The average Bonchev–Trinajstić information content (AvgIpc) is 2.60. The van der Waals surface area contributed by atoms with Crippen LogP contribution in [0.2, 0.25) is 0 Å². The van der Waals surface area contributed by atoms with Crippen molar-refractivity contribution in [1.29, 1.82) is 0 Å². The smallest absolute Gasteiger partial charge is 0.0707 e. The molecule has 2 rings (SSSR count). The van der Waals surface area contributed by atoms with Crippen molar-refractivity contribution in [2.75, 3.05) is 6.54 Å². The van der Waals surface area contributed by atoms with Crippen molar-refractivity contribution in [3.8, 4) is 0 Å². The summed E-state index contributed by atoms with van der Waals surface area (Å²) in [4.78, 5) is 0. The van der Waals surface area contributed by atoms with Gasteiger partial charge in [-0.25, -0.2) is 0 Å². The Morgan fingerprint density at radius 2 is 1.88 bits per heavy atom. The van der Waals surface area contributed by atoms with Gasteiger partial charge in [-0.3, -0.25) is 0 Å². The SMILES string of the molecule is CC1CCC(NCC2CCC(C)(C)O2)CC1C. The highest BCUT2D eigenvalue weighted by Gasteiger charge is 2.32. The molecule has 4 unspecified atom stereocenters. The molecule has 0 aromatic carbocycles. The minimum Gasteiger partial charge on any atom is -0.371 e. The normalized spacial score (nSPS) is 41.6. The summed E-state index contributed by atoms with van der Waals surface area (Å²) in [5.41, 5.74) is 0.112. The van der Waals surface area contributed by atoms with Crippen LogP contribution in [0.15, 0.2) is 0 Å². The maximum absolute atomic E-state index is 6.03. The largest absolute Gasteiger partial charge is 0.371 e. The number of hydrogen-bond acceptors (Lipinski definition) is 2. The zero-order valence-electron chi connectivity index (χ0n) is 12.0. The zero-order valence-corrected chi connectivity index (χ0v) is 12.0. The van der Waals surface area contributed by atoms with Gasteiger partial charge in [-0.2, -0.15) is 0 Å². The minimum atomic E-state index is 0.112. The second-order valence-corrected chi connectivity index (χ2v) is 6.91. The van der Waals surface area contributed by atoms with Gasteiger partial charge in [0.2, 0.25) is 0 Å². The van der Waals surface area contributed by atoms with Crippen molar-refractivity contribution in [3.05, 3.63) is 0 Å². The Morgan fingerprint density at radius 3 is 2.47 bits per heavy atom. The van der Waals surface area contributed by atoms with Crippen molar-refractivity contribution in [3.63, 3.8) is 0 Å². The average molecular weight is 239 g/mol. The lowest BCUT2D eigenvalue weighted by molar-refractivity contribution is -0.0160. The molecule has 2 heteroatoms. The van der Waals surface area contributed by atoms with E-state index < -0.39 is 0 Å². The predicted molar refractivity (Wildman–Crippen MR) is 72.2 cm³/mol. The van der Waals surface area contributed by atoms with Gasteiger partial charge in [-0.1, -0.05) is 13.8 Å². The van der Waals surface area contributed by atoms with Crippen LogP contribution < -0.4 is 5.32 Å². The Balaban J connectivity index is 1.69. The van der Waals surface area contributed by atoms with Crippen LogP contribution in [0.5, 0.6) is 0 Å². The van der Waals surface area contributed by atoms with E-state index in [0.717, 1.165) is 24.4 Å². The number of nitrogens with one attached hydrogen (secondary N) is 1. The molecular weight excluding hydrogens is 210 g/mol. The number of ether oxygens (including phenoxy) is 1. The molecule has 0 bridgehead atoms. The molecule has 2 nitrogen and oxygen atoms in total. The highest BCUT2D eigenvalue weighted by atomic mass is 16.5. The Morgan fingerprint density at radius 1 is 1.12 bits per heavy atom. The fourth-order valence-electron chi connectivity index (χ4n) is 3.25. The van der Waals surface area contributed by atoms with E-state index in [1.165, 1.54) is 32.1 Å². The zero-order chi connectivity index (χ0) is 12.5. The maximum Gasteiger partial charge on any atom is 0.0707 e. The van der Waals surface area contributed by atoms with Gasteiger partial charge in [0, 0.05) is 12.6 Å². The van der Waals surface area contributed by atoms with E-state index in [4.69, 9.17) is 4.74 Å². The number of rotatable bonds is 3. The summed E-state index contributed by atoms with van der Waals surface area (Å²) in [5.74, 6) is 1.79. The lowest BCUT2D eigenvalue weighted by atomic mass is 9.79. The summed E-state index contributed by atoms with van der Waals surface area (Å²) in [6.45, 7) is 10.3. The molecule has 0 aromatic heterocycles. The van der Waals surface area contributed by atoms with Gasteiger partial charge in [0.25, 0.3) is 0 Å². The van der Waals surface area contributed by atoms with Crippen LogP contribution in [0.25, 0.3) is 0 Å². The van der Waals surface area contributed by atoms with Crippen molar-refractivity contribution in [1.82, 2.24) is 5.32 Å². The molecule has 17 heavy (non-hydrogen) atoms. The summed E-state index contributed by atoms with van der Waals surface area (Å²) < 4.78 is 6.03. The molecule has 1 N–H and O–H groups in total. The van der Waals surface area contributed by atoms with E-state index in [1.54, 1.807) is 0 Å². The third kappa shape index (κ3) is 3.69. The van der Waals surface area contributed by atoms with Crippen LogP contribution in [0.3, 0.4) is 0 Å². The van der Waals surface area contributed by atoms with Gasteiger partial charge in [0.15, 0.2) is 0 Å². The quantitative estimate of drug-likeness (QED) is 0.815. The van der Waals surface area contributed by atoms with E-state index in [0.29, 0.717) is 6.10 Å². The molecule has 0 amide bonds. The van der Waals surface area contributed by atoms with Gasteiger partial charge in [-0.05, 0) is 57.8 Å². The second-order valence-electron chi connectivity index (χ2n) is 6.91. The van der Waals surface area contributed by atoms with Gasteiger partial charge in [0.05, 0.1) is 11.7 Å². The van der Waals surface area contributed by atoms with Crippen LogP contribution in [0.1, 0.15) is 59.8 Å². The molecule has 1 saturated heterocycles. The molecule has 1 aliphatic carbocycles. The molecule has 1 saturated carbocycles. The predicted octanol–water partition coefficient (Wildman–Crippen LogP) is 3.36. The van der Waals surface area contributed by atoms with Gasteiger partial charge in [0.1, 0.15) is 0 Å². The first-order valence-electron chi connectivity index (χ1n) is 7.37. The fourth-order valence-corrected chi connectivity index (χ4v) is 3.25. The van der Waals surface area contributed by atoms with E-state index in [2.05, 4.69) is 33.0 Å². The Hall–Kier alpha value is -0.0800. The third-order valence-electron chi connectivity index (χ3n) is 4.79. The minimum absolute atomic E-state index is 0.112. The number of hydrogen-bond donors (Lipinski definition) is 1. The van der Waals surface area contributed by atoms with Crippen LogP contribution in [-0.4, -0.2) is 24.3 Å². The first kappa shape index (κ1) is 13.4. The standard InChI is InChI=1S/C15H29NO/c1-11-5-6-13(9-12(11)2)16-10-14-7-8-15(3,4)17-14/h11-14,16H,5-10H2,1-4H3. The van der Waals surface area contributed by atoms with Crippen LogP contribution in [0, 0.1) is 11.8 Å². The molecule has 4 atom stereocenters. The highest BCUT2D eigenvalue weighted by molar-refractivity contribution is 4.85. The summed E-state index contributed by atoms with van der Waals surface area (Å²) in [6, 6.07) is 0.730. The van der Waals surface area contributed by atoms with E-state index in [-0.39, 0.29) is 5.60 Å². The Kier molecular flexibility index (Phi) is 4.14. The molecule has 1 heterocycles. The molecule has 1 aliphatic heterocycles. The molecule has 2 aliphatic rings. The fraction of sp³-hybridized carbons (Fsp3) is 1.00. The first-order valence-corrected chi connectivity index (χ1v) is 7.37. The summed E-state index contributed by atoms with van der Waals surface area (Å²) in [6.07, 6.45) is 6.95. The van der Waals surface area contributed by atoms with Crippen molar-refractivity contribution in [2.45, 2.75) is 77.5 Å². The van der Waals surface area contributed by atoms with E-state index >= 15 is 0 Å². The summed E-state index contributed by atoms with van der Waals surface area (Å²) in [7, 11) is 0. The lowest BCUT2D eigenvalue weighted by Gasteiger charge is -2.33. The van der Waals surface area contributed by atoms with Crippen molar-refractivity contribution in [2.24, 2.45) is 11.8 Å². The molecule has 0 aromatic rings. The van der Waals surface area contributed by atoms with Gasteiger partial charge in [-0.15, -0.1) is 0 Å². The van der Waals surface area contributed by atoms with Gasteiger partial charge < -0.3 is 10.1 Å². The van der Waals surface area contributed by atoms with E-state index in [1.807, 2.05) is 0 Å². The Bertz CT molecular complexity index is 251. The third-order valence-corrected chi connectivity index (χ3v) is 4.79. The molecule has 100 valence electrons. The first-order chi connectivity index (χ1) is 7.96. The summed E-state index contributed by atoms with van der Waals surface area (Å²) in [5, 5.41) is 3.73. The van der Waals surface area contributed by atoms with Gasteiger partial charge >= 0.3 is 0 Å². The monoisotopic (exact) mass is 239 g/mol. The molecular formula is C15H29NO. The van der Waals surface area contributed by atoms with Crippen molar-refractivity contribution < 1.29 is 4.74 Å². The van der Waals surface area contributed by atoms with Crippen molar-refractivity contribution >= 4 is 0 Å². The van der Waals surface area contributed by atoms with Crippen LogP contribution in [0.4, 0.5) is 0 Å². The molecule has 2 fully saturated rings.